The van der Waals surface area contributed by atoms with E-state index in [1.807, 2.05) is 0 Å². The maximum absolute atomic E-state index is 14.0. The van der Waals surface area contributed by atoms with Crippen molar-refractivity contribution in [3.05, 3.63) is 94.3 Å². The highest BCUT2D eigenvalue weighted by atomic mass is 19.1. The molecule has 1 aliphatic rings. The van der Waals surface area contributed by atoms with E-state index in [0.29, 0.717) is 23.4 Å². The zero-order chi connectivity index (χ0) is 26.4. The summed E-state index contributed by atoms with van der Waals surface area (Å²) < 4.78 is 40.1. The normalized spacial score (nSPS) is 15.0. The van der Waals surface area contributed by atoms with Crippen LogP contribution in [0.3, 0.4) is 0 Å². The van der Waals surface area contributed by atoms with Crippen molar-refractivity contribution < 1.29 is 23.1 Å². The number of phenols is 1. The van der Waals surface area contributed by atoms with Crippen molar-refractivity contribution in [2.75, 3.05) is 26.3 Å². The number of piperidine rings is 1. The van der Waals surface area contributed by atoms with E-state index in [2.05, 4.69) is 27.0 Å². The average Bonchev–Trinajstić information content (AvgIpc) is 2.89. The van der Waals surface area contributed by atoms with Gasteiger partial charge in [-0.15, -0.1) is 0 Å². The zero-order valence-electron chi connectivity index (χ0n) is 20.5. The third-order valence-corrected chi connectivity index (χ3v) is 6.37. The topological polar surface area (TPSA) is 65.5 Å². The maximum Gasteiger partial charge on any atom is 0.270 e. The van der Waals surface area contributed by atoms with Gasteiger partial charge >= 0.3 is 0 Å². The molecule has 1 saturated heterocycles. The Morgan fingerprint density at radius 3 is 2.51 bits per heavy atom. The summed E-state index contributed by atoms with van der Waals surface area (Å²) in [6.45, 7) is 3.48. The molecule has 3 aromatic rings. The Labute approximate surface area is 214 Å². The van der Waals surface area contributed by atoms with Crippen molar-refractivity contribution in [1.82, 2.24) is 15.2 Å². The summed E-state index contributed by atoms with van der Waals surface area (Å²) in [5, 5.41) is 13.2. The molecule has 192 valence electrons. The Morgan fingerprint density at radius 2 is 1.81 bits per heavy atom. The predicted molar refractivity (Wildman–Crippen MR) is 135 cm³/mol. The van der Waals surface area contributed by atoms with Gasteiger partial charge in [0.05, 0.1) is 6.04 Å². The van der Waals surface area contributed by atoms with Crippen LogP contribution in [0.25, 0.3) is 0 Å². The Balaban J connectivity index is 1.56. The molecular formula is C29H28F3N3O2. The molecule has 1 fully saturated rings. The lowest BCUT2D eigenvalue weighted by Gasteiger charge is -2.28. The molecule has 2 N–H and O–H groups in total. The summed E-state index contributed by atoms with van der Waals surface area (Å²) in [4.78, 5) is 19.7. The lowest BCUT2D eigenvalue weighted by atomic mass is 9.96. The number of hydrogen-bond acceptors (Lipinski definition) is 4. The summed E-state index contributed by atoms with van der Waals surface area (Å²) in [5.41, 5.74) is 1.94. The monoisotopic (exact) mass is 507 g/mol. The number of carbonyl (C=O) groups is 1. The van der Waals surface area contributed by atoms with Crippen LogP contribution in [0.5, 0.6) is 5.75 Å². The molecule has 2 aromatic carbocycles. The van der Waals surface area contributed by atoms with E-state index in [4.69, 9.17) is 0 Å². The van der Waals surface area contributed by atoms with Gasteiger partial charge in [-0.05, 0) is 80.9 Å². The number of nitrogens with zero attached hydrogens (tertiary/aromatic N) is 2. The number of phenolic OH excluding ortho intramolecular Hbond substituents is 1. The minimum Gasteiger partial charge on any atom is -0.508 e. The summed E-state index contributed by atoms with van der Waals surface area (Å²) in [6, 6.07) is 11.2. The molecule has 1 atom stereocenters. The summed E-state index contributed by atoms with van der Waals surface area (Å²) >= 11 is 0. The van der Waals surface area contributed by atoms with Gasteiger partial charge in [0, 0.05) is 29.3 Å². The molecule has 1 aliphatic heterocycles. The average molecular weight is 508 g/mol. The van der Waals surface area contributed by atoms with Crippen LogP contribution in [0.1, 0.15) is 51.8 Å². The minimum absolute atomic E-state index is 0.116. The van der Waals surface area contributed by atoms with Gasteiger partial charge in [-0.2, -0.15) is 0 Å². The van der Waals surface area contributed by atoms with Crippen LogP contribution in [0.2, 0.25) is 0 Å². The maximum atomic E-state index is 14.0. The molecule has 0 bridgehead atoms. The Kier molecular flexibility index (Phi) is 8.47. The Bertz CT molecular complexity index is 1310. The zero-order valence-corrected chi connectivity index (χ0v) is 20.5. The van der Waals surface area contributed by atoms with E-state index in [9.17, 15) is 23.1 Å². The molecule has 1 amide bonds. The quantitative estimate of drug-likeness (QED) is 0.465. The van der Waals surface area contributed by atoms with Crippen LogP contribution >= 0.6 is 0 Å². The van der Waals surface area contributed by atoms with Gasteiger partial charge in [-0.3, -0.25) is 4.79 Å². The third-order valence-electron chi connectivity index (χ3n) is 6.37. The number of hydrogen-bond donors (Lipinski definition) is 2. The van der Waals surface area contributed by atoms with Gasteiger partial charge in [0.1, 0.15) is 29.8 Å². The van der Waals surface area contributed by atoms with Crippen LogP contribution in [-0.2, 0) is 0 Å². The lowest BCUT2D eigenvalue weighted by molar-refractivity contribution is 0.0937. The van der Waals surface area contributed by atoms with Crippen LogP contribution in [0.4, 0.5) is 13.2 Å². The predicted octanol–water partition coefficient (Wildman–Crippen LogP) is 4.93. The first-order chi connectivity index (χ1) is 17.8. The van der Waals surface area contributed by atoms with Crippen LogP contribution in [0, 0.1) is 36.3 Å². The van der Waals surface area contributed by atoms with E-state index >= 15 is 0 Å². The van der Waals surface area contributed by atoms with E-state index in [-0.39, 0.29) is 29.6 Å². The van der Waals surface area contributed by atoms with Crippen LogP contribution in [0.15, 0.2) is 54.6 Å². The van der Waals surface area contributed by atoms with Gasteiger partial charge in [0.15, 0.2) is 0 Å². The van der Waals surface area contributed by atoms with Gasteiger partial charge in [0.2, 0.25) is 0 Å². The molecule has 4 rings (SSSR count). The minimum atomic E-state index is -0.949. The number of likely N-dealkylation sites (tertiary alicyclic amines) is 1. The van der Waals surface area contributed by atoms with Gasteiger partial charge in [-0.25, -0.2) is 18.2 Å². The second-order valence-corrected chi connectivity index (χ2v) is 9.12. The number of amides is 1. The number of halogens is 3. The van der Waals surface area contributed by atoms with Crippen molar-refractivity contribution >= 4 is 5.91 Å². The highest BCUT2D eigenvalue weighted by Gasteiger charge is 2.23. The molecule has 0 aliphatic carbocycles. The molecule has 8 heteroatoms. The van der Waals surface area contributed by atoms with Gasteiger partial charge < -0.3 is 15.3 Å². The molecule has 0 saturated carbocycles. The fourth-order valence-corrected chi connectivity index (χ4v) is 4.42. The highest BCUT2D eigenvalue weighted by Crippen LogP contribution is 2.30. The fraction of sp³-hybridized carbons (Fsp3) is 0.310. The number of alkyl halides is 1. The standard InChI is InChI=1S/C29H28F3N3O2/c1-19-16-21(3-2-20-10-13-35(14-11-20)15-12-30)17-26(33-19)29(37)34-28(22-4-6-23(31)7-5-22)25-18-24(32)8-9-27(25)36/h4-9,16-18,20,28,36H,10-15H2,1H3,(H,34,37). The van der Waals surface area contributed by atoms with E-state index < -0.39 is 23.6 Å². The first-order valence-corrected chi connectivity index (χ1v) is 12.2. The number of pyridine rings is 1. The Morgan fingerprint density at radius 1 is 1.11 bits per heavy atom. The highest BCUT2D eigenvalue weighted by molar-refractivity contribution is 5.93. The van der Waals surface area contributed by atoms with Gasteiger partial charge in [0.25, 0.3) is 5.91 Å². The molecule has 1 aromatic heterocycles. The number of aromatic hydroxyl groups is 1. The van der Waals surface area contributed by atoms with Crippen molar-refractivity contribution in [3.8, 4) is 17.6 Å². The summed E-state index contributed by atoms with van der Waals surface area (Å²) in [7, 11) is 0. The van der Waals surface area contributed by atoms with Crippen molar-refractivity contribution in [2.45, 2.75) is 25.8 Å². The molecule has 0 radical (unpaired) electrons. The van der Waals surface area contributed by atoms with E-state index in [1.165, 1.54) is 30.3 Å². The van der Waals surface area contributed by atoms with Crippen molar-refractivity contribution in [2.24, 2.45) is 5.92 Å². The molecule has 37 heavy (non-hydrogen) atoms. The summed E-state index contributed by atoms with van der Waals surface area (Å²) in [6.07, 6.45) is 1.72. The second kappa shape index (κ2) is 11.9. The number of benzene rings is 2. The Hall–Kier alpha value is -3.83. The summed E-state index contributed by atoms with van der Waals surface area (Å²) in [5.74, 6) is 4.79. The lowest BCUT2D eigenvalue weighted by Crippen LogP contribution is -2.34. The van der Waals surface area contributed by atoms with Crippen molar-refractivity contribution in [3.63, 3.8) is 0 Å². The first-order valence-electron chi connectivity index (χ1n) is 12.2. The fourth-order valence-electron chi connectivity index (χ4n) is 4.42. The number of aromatic nitrogens is 1. The smallest absolute Gasteiger partial charge is 0.270 e. The molecule has 1 unspecified atom stereocenters. The van der Waals surface area contributed by atoms with Crippen LogP contribution in [-0.4, -0.2) is 47.2 Å². The molecular weight excluding hydrogens is 479 g/mol. The SMILES string of the molecule is Cc1cc(C#CC2CCN(CCF)CC2)cc(C(=O)NC(c2ccc(F)cc2)c2cc(F)ccc2O)n1. The van der Waals surface area contributed by atoms with E-state index in [0.717, 1.165) is 38.1 Å². The molecule has 2 heterocycles. The number of rotatable bonds is 6. The van der Waals surface area contributed by atoms with Gasteiger partial charge in [-0.1, -0.05) is 24.0 Å². The number of carbonyl (C=O) groups excluding carboxylic acids is 1. The van der Waals surface area contributed by atoms with Crippen LogP contribution < -0.4 is 5.32 Å². The number of nitrogens with one attached hydrogen (secondary N) is 1. The first kappa shape index (κ1) is 26.2. The van der Waals surface area contributed by atoms with Crippen molar-refractivity contribution in [1.29, 1.82) is 0 Å². The largest absolute Gasteiger partial charge is 0.508 e. The molecule has 5 nitrogen and oxygen atoms in total. The third kappa shape index (κ3) is 6.89. The van der Waals surface area contributed by atoms with E-state index in [1.54, 1.807) is 19.1 Å². The second-order valence-electron chi connectivity index (χ2n) is 9.12. The molecule has 0 spiro atoms. The number of aryl methyl sites for hydroxylation is 1.